The SMILES string of the molecule is CC(CC#N)Nc1ncc(Cl)s1. The monoisotopic (exact) mass is 201 g/mol. The summed E-state index contributed by atoms with van der Waals surface area (Å²) in [5.41, 5.74) is 0. The van der Waals surface area contributed by atoms with Gasteiger partial charge in [0.05, 0.1) is 18.7 Å². The summed E-state index contributed by atoms with van der Waals surface area (Å²) in [6, 6.07) is 2.20. The Labute approximate surface area is 80.0 Å². The Morgan fingerprint density at radius 3 is 3.17 bits per heavy atom. The first-order chi connectivity index (χ1) is 5.72. The molecule has 3 nitrogen and oxygen atoms in total. The summed E-state index contributed by atoms with van der Waals surface area (Å²) >= 11 is 7.05. The highest BCUT2D eigenvalue weighted by molar-refractivity contribution is 7.19. The van der Waals surface area contributed by atoms with E-state index in [1.165, 1.54) is 11.3 Å². The standard InChI is InChI=1S/C7H8ClN3S/c1-5(2-3-9)11-7-10-4-6(8)12-7/h4-5H,2H2,1H3,(H,10,11). The van der Waals surface area contributed by atoms with Crippen molar-refractivity contribution in [3.05, 3.63) is 10.5 Å². The molecule has 1 aromatic heterocycles. The van der Waals surface area contributed by atoms with Gasteiger partial charge in [0.25, 0.3) is 0 Å². The van der Waals surface area contributed by atoms with Gasteiger partial charge in [0, 0.05) is 6.04 Å². The van der Waals surface area contributed by atoms with Crippen molar-refractivity contribution >= 4 is 28.1 Å². The number of nitrogens with one attached hydrogen (secondary N) is 1. The molecule has 0 aliphatic carbocycles. The minimum Gasteiger partial charge on any atom is -0.358 e. The van der Waals surface area contributed by atoms with Gasteiger partial charge in [-0.05, 0) is 6.92 Å². The Bertz CT molecular complexity index is 291. The van der Waals surface area contributed by atoms with E-state index in [9.17, 15) is 0 Å². The van der Waals surface area contributed by atoms with Crippen LogP contribution in [-0.2, 0) is 0 Å². The third-order valence-corrected chi connectivity index (χ3v) is 2.29. The van der Waals surface area contributed by atoms with Gasteiger partial charge in [0.1, 0.15) is 4.34 Å². The van der Waals surface area contributed by atoms with Crippen LogP contribution in [0.4, 0.5) is 5.13 Å². The normalized spacial score (nSPS) is 12.1. The van der Waals surface area contributed by atoms with Crippen LogP contribution in [0.1, 0.15) is 13.3 Å². The van der Waals surface area contributed by atoms with E-state index in [4.69, 9.17) is 16.9 Å². The Balaban J connectivity index is 2.47. The van der Waals surface area contributed by atoms with Crippen molar-refractivity contribution in [2.45, 2.75) is 19.4 Å². The number of halogens is 1. The van der Waals surface area contributed by atoms with E-state index in [0.29, 0.717) is 10.8 Å². The van der Waals surface area contributed by atoms with Crippen LogP contribution in [0.2, 0.25) is 4.34 Å². The van der Waals surface area contributed by atoms with E-state index < -0.39 is 0 Å². The first kappa shape index (κ1) is 9.30. The van der Waals surface area contributed by atoms with E-state index in [1.54, 1.807) is 6.20 Å². The quantitative estimate of drug-likeness (QED) is 0.818. The maximum Gasteiger partial charge on any atom is 0.184 e. The van der Waals surface area contributed by atoms with Gasteiger partial charge in [-0.2, -0.15) is 5.26 Å². The molecule has 0 spiro atoms. The van der Waals surface area contributed by atoms with Crippen molar-refractivity contribution < 1.29 is 0 Å². The summed E-state index contributed by atoms with van der Waals surface area (Å²) in [4.78, 5) is 4.00. The molecule has 0 bridgehead atoms. The minimum absolute atomic E-state index is 0.122. The molecule has 0 fully saturated rings. The topological polar surface area (TPSA) is 48.7 Å². The lowest BCUT2D eigenvalue weighted by Gasteiger charge is -2.06. The van der Waals surface area contributed by atoms with Crippen LogP contribution < -0.4 is 5.32 Å². The second kappa shape index (κ2) is 4.29. The number of thiazole rings is 1. The third kappa shape index (κ3) is 2.68. The molecule has 1 atom stereocenters. The summed E-state index contributed by atoms with van der Waals surface area (Å²) in [5.74, 6) is 0. The number of rotatable bonds is 3. The largest absolute Gasteiger partial charge is 0.358 e. The van der Waals surface area contributed by atoms with E-state index in [0.717, 1.165) is 5.13 Å². The smallest absolute Gasteiger partial charge is 0.184 e. The second-order valence-corrected chi connectivity index (χ2v) is 4.04. The lowest BCUT2D eigenvalue weighted by molar-refractivity contribution is 0.819. The number of nitriles is 1. The molecule has 0 aliphatic heterocycles. The van der Waals surface area contributed by atoms with Gasteiger partial charge in [-0.15, -0.1) is 0 Å². The highest BCUT2D eigenvalue weighted by Gasteiger charge is 2.03. The van der Waals surface area contributed by atoms with Crippen molar-refractivity contribution in [1.82, 2.24) is 4.98 Å². The van der Waals surface area contributed by atoms with Crippen LogP contribution in [0.3, 0.4) is 0 Å². The molecule has 1 unspecified atom stereocenters. The Hall–Kier alpha value is -0.790. The lowest BCUT2D eigenvalue weighted by atomic mass is 10.3. The second-order valence-electron chi connectivity index (χ2n) is 2.38. The van der Waals surface area contributed by atoms with E-state index in [-0.39, 0.29) is 6.04 Å². The van der Waals surface area contributed by atoms with Crippen LogP contribution in [0, 0.1) is 11.3 Å². The van der Waals surface area contributed by atoms with Gasteiger partial charge in [-0.1, -0.05) is 22.9 Å². The van der Waals surface area contributed by atoms with Crippen LogP contribution in [-0.4, -0.2) is 11.0 Å². The zero-order valence-corrected chi connectivity index (χ0v) is 8.11. The molecule has 0 amide bonds. The molecule has 0 aliphatic rings. The Kier molecular flexibility index (Phi) is 3.32. The van der Waals surface area contributed by atoms with Gasteiger partial charge in [0.15, 0.2) is 5.13 Å². The van der Waals surface area contributed by atoms with Gasteiger partial charge in [-0.25, -0.2) is 4.98 Å². The van der Waals surface area contributed by atoms with Gasteiger partial charge in [-0.3, -0.25) is 0 Å². The van der Waals surface area contributed by atoms with Crippen LogP contribution in [0.15, 0.2) is 6.20 Å². The number of hydrogen-bond acceptors (Lipinski definition) is 4. The van der Waals surface area contributed by atoms with Crippen molar-refractivity contribution in [3.63, 3.8) is 0 Å². The summed E-state index contributed by atoms with van der Waals surface area (Å²) in [6.07, 6.45) is 2.06. The van der Waals surface area contributed by atoms with Crippen molar-refractivity contribution in [2.24, 2.45) is 0 Å². The maximum atomic E-state index is 8.39. The molecule has 12 heavy (non-hydrogen) atoms. The number of aromatic nitrogens is 1. The molecule has 0 saturated heterocycles. The minimum atomic E-state index is 0.122. The highest BCUT2D eigenvalue weighted by atomic mass is 35.5. The summed E-state index contributed by atoms with van der Waals surface area (Å²) < 4.78 is 0.654. The predicted octanol–water partition coefficient (Wildman–Crippen LogP) is 2.51. The zero-order valence-electron chi connectivity index (χ0n) is 6.54. The Morgan fingerprint density at radius 1 is 1.92 bits per heavy atom. The molecule has 1 N–H and O–H groups in total. The highest BCUT2D eigenvalue weighted by Crippen LogP contribution is 2.23. The van der Waals surface area contributed by atoms with E-state index in [1.807, 2.05) is 6.92 Å². The fourth-order valence-electron chi connectivity index (χ4n) is 0.720. The van der Waals surface area contributed by atoms with Crippen LogP contribution in [0.5, 0.6) is 0 Å². The van der Waals surface area contributed by atoms with Crippen molar-refractivity contribution in [1.29, 1.82) is 5.26 Å². The number of anilines is 1. The zero-order chi connectivity index (χ0) is 8.97. The fraction of sp³-hybridized carbons (Fsp3) is 0.429. The van der Waals surface area contributed by atoms with Gasteiger partial charge in [0.2, 0.25) is 0 Å². The van der Waals surface area contributed by atoms with E-state index >= 15 is 0 Å². The first-order valence-electron chi connectivity index (χ1n) is 3.47. The molecular formula is C7H8ClN3S. The van der Waals surface area contributed by atoms with Crippen LogP contribution >= 0.6 is 22.9 Å². The molecule has 1 rings (SSSR count). The average Bonchev–Trinajstić information content (AvgIpc) is 2.36. The van der Waals surface area contributed by atoms with Gasteiger partial charge >= 0.3 is 0 Å². The van der Waals surface area contributed by atoms with Crippen molar-refractivity contribution in [3.8, 4) is 6.07 Å². The molecule has 1 aromatic rings. The average molecular weight is 202 g/mol. The molecule has 64 valence electrons. The molecular weight excluding hydrogens is 194 g/mol. The fourth-order valence-corrected chi connectivity index (χ4v) is 1.64. The maximum absolute atomic E-state index is 8.39. The summed E-state index contributed by atoms with van der Waals surface area (Å²) in [6.45, 7) is 1.93. The molecule has 0 aromatic carbocycles. The Morgan fingerprint density at radius 2 is 2.67 bits per heavy atom. The summed E-state index contributed by atoms with van der Waals surface area (Å²) in [5, 5.41) is 12.2. The predicted molar refractivity (Wildman–Crippen MR) is 50.4 cm³/mol. The van der Waals surface area contributed by atoms with Gasteiger partial charge < -0.3 is 5.32 Å². The third-order valence-electron chi connectivity index (χ3n) is 1.24. The van der Waals surface area contributed by atoms with Crippen LogP contribution in [0.25, 0.3) is 0 Å². The molecule has 0 saturated carbocycles. The molecule has 5 heteroatoms. The number of hydrogen-bond donors (Lipinski definition) is 1. The van der Waals surface area contributed by atoms with E-state index in [2.05, 4.69) is 16.4 Å². The lowest BCUT2D eigenvalue weighted by Crippen LogP contribution is -2.13. The first-order valence-corrected chi connectivity index (χ1v) is 4.66. The molecule has 1 heterocycles. The molecule has 0 radical (unpaired) electrons. The summed E-state index contributed by atoms with van der Waals surface area (Å²) in [7, 11) is 0. The number of nitrogens with zero attached hydrogens (tertiary/aromatic N) is 2. The van der Waals surface area contributed by atoms with Crippen molar-refractivity contribution in [2.75, 3.05) is 5.32 Å².